The van der Waals surface area contributed by atoms with Gasteiger partial charge in [0.05, 0.1) is 5.56 Å². The smallest absolute Gasteiger partial charge is 0.265 e. The molecule has 182 valence electrons. The maximum Gasteiger partial charge on any atom is 0.265 e. The van der Waals surface area contributed by atoms with Crippen LogP contribution in [0.2, 0.25) is 0 Å². The highest BCUT2D eigenvalue weighted by Gasteiger charge is 2.25. The molecule has 0 aliphatic heterocycles. The van der Waals surface area contributed by atoms with Gasteiger partial charge in [-0.05, 0) is 93.5 Å². The average Bonchev–Trinajstić information content (AvgIpc) is 3.19. The Hall–Kier alpha value is -3.65. The normalized spacial score (nSPS) is 13.5. The Labute approximate surface area is 208 Å². The predicted molar refractivity (Wildman–Crippen MR) is 139 cm³/mol. The number of hydrogen-bond acceptors (Lipinski definition) is 5. The number of aryl methyl sites for hydroxylation is 3. The Morgan fingerprint density at radius 3 is 2.43 bits per heavy atom. The van der Waals surface area contributed by atoms with Crippen LogP contribution in [0.25, 0.3) is 0 Å². The maximum absolute atomic E-state index is 12.8. The van der Waals surface area contributed by atoms with Crippen molar-refractivity contribution < 1.29 is 19.1 Å². The van der Waals surface area contributed by atoms with E-state index >= 15 is 0 Å². The van der Waals surface area contributed by atoms with E-state index in [4.69, 9.17) is 10.5 Å². The Bertz CT molecular complexity index is 1280. The lowest BCUT2D eigenvalue weighted by atomic mass is 9.95. The molecule has 0 radical (unpaired) electrons. The van der Waals surface area contributed by atoms with E-state index in [2.05, 4.69) is 10.6 Å². The number of nitrogens with two attached hydrogens (primary N) is 1. The maximum atomic E-state index is 12.8. The van der Waals surface area contributed by atoms with Crippen molar-refractivity contribution in [3.63, 3.8) is 0 Å². The fourth-order valence-corrected chi connectivity index (χ4v) is 5.43. The number of carbonyl (C=O) groups excluding carboxylic acids is 3. The third-order valence-corrected chi connectivity index (χ3v) is 7.30. The van der Waals surface area contributed by atoms with Gasteiger partial charge in [0.15, 0.2) is 6.10 Å². The summed E-state index contributed by atoms with van der Waals surface area (Å²) < 4.78 is 5.77. The lowest BCUT2D eigenvalue weighted by Crippen LogP contribution is -2.30. The van der Waals surface area contributed by atoms with Crippen LogP contribution < -0.4 is 21.1 Å². The highest BCUT2D eigenvalue weighted by molar-refractivity contribution is 7.17. The first-order chi connectivity index (χ1) is 16.7. The average molecular weight is 492 g/mol. The number of carbonyl (C=O) groups is 3. The van der Waals surface area contributed by atoms with Gasteiger partial charge in [-0.2, -0.15) is 0 Å². The summed E-state index contributed by atoms with van der Waals surface area (Å²) in [7, 11) is 0. The van der Waals surface area contributed by atoms with Gasteiger partial charge in [0.25, 0.3) is 17.7 Å². The molecule has 1 aliphatic rings. The lowest BCUT2D eigenvalue weighted by Gasteiger charge is -2.16. The van der Waals surface area contributed by atoms with E-state index in [1.807, 2.05) is 32.0 Å². The van der Waals surface area contributed by atoms with Gasteiger partial charge in [-0.25, -0.2) is 0 Å². The standard InChI is InChI=1S/C27H29N3O4S/c1-15-8-9-16(2)21(14-15)29-25(32)17(3)34-19-12-10-18(11-13-19)26(33)30-27-23(24(28)31)20-6-4-5-7-22(20)35-27/h8-14,17H,4-7H2,1-3H3,(H2,28,31)(H,29,32)(H,30,33). The molecule has 1 aromatic heterocycles. The summed E-state index contributed by atoms with van der Waals surface area (Å²) in [5.41, 5.74) is 10.2. The lowest BCUT2D eigenvalue weighted by molar-refractivity contribution is -0.122. The molecule has 0 fully saturated rings. The number of rotatable bonds is 7. The van der Waals surface area contributed by atoms with E-state index in [1.165, 1.54) is 11.3 Å². The molecule has 4 rings (SSSR count). The second-order valence-corrected chi connectivity index (χ2v) is 9.93. The molecule has 0 spiro atoms. The van der Waals surface area contributed by atoms with E-state index in [0.717, 1.165) is 52.9 Å². The van der Waals surface area contributed by atoms with E-state index in [-0.39, 0.29) is 11.8 Å². The van der Waals surface area contributed by atoms with E-state index in [0.29, 0.717) is 21.9 Å². The molecule has 0 saturated heterocycles. The molecule has 2 aromatic carbocycles. The second-order valence-electron chi connectivity index (χ2n) is 8.83. The summed E-state index contributed by atoms with van der Waals surface area (Å²) >= 11 is 1.43. The molecule has 3 aromatic rings. The van der Waals surface area contributed by atoms with Crippen molar-refractivity contribution in [3.8, 4) is 5.75 Å². The van der Waals surface area contributed by atoms with E-state index in [9.17, 15) is 14.4 Å². The summed E-state index contributed by atoms with van der Waals surface area (Å²) in [6.07, 6.45) is 3.06. The summed E-state index contributed by atoms with van der Waals surface area (Å²) in [6.45, 7) is 5.57. The zero-order valence-corrected chi connectivity index (χ0v) is 20.9. The van der Waals surface area contributed by atoms with Crippen LogP contribution in [0, 0.1) is 13.8 Å². The molecule has 7 nitrogen and oxygen atoms in total. The molecular weight excluding hydrogens is 462 g/mol. The summed E-state index contributed by atoms with van der Waals surface area (Å²) in [5, 5.41) is 6.26. The van der Waals surface area contributed by atoms with Gasteiger partial charge >= 0.3 is 0 Å². The molecule has 0 bridgehead atoms. The fraction of sp³-hybridized carbons (Fsp3) is 0.296. The molecule has 8 heteroatoms. The third kappa shape index (κ3) is 5.54. The molecule has 4 N–H and O–H groups in total. The van der Waals surface area contributed by atoms with Crippen molar-refractivity contribution in [1.29, 1.82) is 0 Å². The number of anilines is 2. The first-order valence-electron chi connectivity index (χ1n) is 11.6. The van der Waals surface area contributed by atoms with Gasteiger partial charge in [0.1, 0.15) is 10.8 Å². The molecule has 1 atom stereocenters. The van der Waals surface area contributed by atoms with Crippen LogP contribution in [-0.2, 0) is 17.6 Å². The van der Waals surface area contributed by atoms with Gasteiger partial charge in [0.2, 0.25) is 0 Å². The van der Waals surface area contributed by atoms with Crippen LogP contribution in [0.15, 0.2) is 42.5 Å². The second kappa shape index (κ2) is 10.3. The molecule has 3 amide bonds. The molecule has 1 heterocycles. The number of thiophene rings is 1. The summed E-state index contributed by atoms with van der Waals surface area (Å²) in [5.74, 6) is -0.648. The van der Waals surface area contributed by atoms with E-state index in [1.54, 1.807) is 31.2 Å². The monoisotopic (exact) mass is 491 g/mol. The first kappa shape index (κ1) is 24.5. The number of hydrogen-bond donors (Lipinski definition) is 3. The Balaban J connectivity index is 1.40. The van der Waals surface area contributed by atoms with Crippen molar-refractivity contribution in [3.05, 3.63) is 75.2 Å². The highest BCUT2D eigenvalue weighted by atomic mass is 32.1. The number of benzene rings is 2. The van der Waals surface area contributed by atoms with Crippen LogP contribution in [0.5, 0.6) is 5.75 Å². The van der Waals surface area contributed by atoms with Crippen LogP contribution >= 0.6 is 11.3 Å². The molecular formula is C27H29N3O4S. The van der Waals surface area contributed by atoms with Gasteiger partial charge in [0, 0.05) is 16.1 Å². The molecule has 35 heavy (non-hydrogen) atoms. The minimum atomic E-state index is -0.731. The molecule has 1 aliphatic carbocycles. The molecule has 0 saturated carbocycles. The van der Waals surface area contributed by atoms with Crippen LogP contribution in [0.1, 0.15) is 62.0 Å². The van der Waals surface area contributed by atoms with E-state index < -0.39 is 12.0 Å². The SMILES string of the molecule is Cc1ccc(C)c(NC(=O)C(C)Oc2ccc(C(=O)Nc3sc4c(c3C(N)=O)CCCC4)cc2)c1. The van der Waals surface area contributed by atoms with Gasteiger partial charge in [-0.3, -0.25) is 14.4 Å². The van der Waals surface area contributed by atoms with Gasteiger partial charge in [-0.15, -0.1) is 11.3 Å². The number of fused-ring (bicyclic) bond motifs is 1. The Morgan fingerprint density at radius 2 is 1.71 bits per heavy atom. The van der Waals surface area contributed by atoms with Crippen LogP contribution in [-0.4, -0.2) is 23.8 Å². The minimum absolute atomic E-state index is 0.263. The Morgan fingerprint density at radius 1 is 1.00 bits per heavy atom. The van der Waals surface area contributed by atoms with Gasteiger partial charge in [-0.1, -0.05) is 12.1 Å². The topological polar surface area (TPSA) is 111 Å². The van der Waals surface area contributed by atoms with Crippen molar-refractivity contribution in [1.82, 2.24) is 0 Å². The number of amides is 3. The number of primary amides is 1. The summed E-state index contributed by atoms with van der Waals surface area (Å²) in [4.78, 5) is 38.6. The molecule has 1 unspecified atom stereocenters. The third-order valence-electron chi connectivity index (χ3n) is 6.09. The van der Waals surface area contributed by atoms with Crippen molar-refractivity contribution in [2.75, 3.05) is 10.6 Å². The summed E-state index contributed by atoms with van der Waals surface area (Å²) in [6, 6.07) is 12.4. The van der Waals surface area contributed by atoms with Crippen molar-refractivity contribution in [2.45, 2.75) is 52.6 Å². The first-order valence-corrected chi connectivity index (χ1v) is 12.4. The predicted octanol–water partition coefficient (Wildman–Crippen LogP) is 5.00. The largest absolute Gasteiger partial charge is 0.481 e. The van der Waals surface area contributed by atoms with Gasteiger partial charge < -0.3 is 21.1 Å². The number of nitrogens with one attached hydrogen (secondary N) is 2. The van der Waals surface area contributed by atoms with Crippen LogP contribution in [0.3, 0.4) is 0 Å². The minimum Gasteiger partial charge on any atom is -0.481 e. The highest BCUT2D eigenvalue weighted by Crippen LogP contribution is 2.38. The quantitative estimate of drug-likeness (QED) is 0.432. The Kier molecular flexibility index (Phi) is 7.21. The van der Waals surface area contributed by atoms with Crippen molar-refractivity contribution >= 4 is 39.7 Å². The fourth-order valence-electron chi connectivity index (χ4n) is 4.14. The number of ether oxygens (including phenoxy) is 1. The zero-order chi connectivity index (χ0) is 25.1. The zero-order valence-electron chi connectivity index (χ0n) is 20.1. The van der Waals surface area contributed by atoms with Crippen LogP contribution in [0.4, 0.5) is 10.7 Å². The van der Waals surface area contributed by atoms with Crippen molar-refractivity contribution in [2.24, 2.45) is 5.73 Å².